The van der Waals surface area contributed by atoms with Crippen molar-refractivity contribution in [2.75, 3.05) is 13.2 Å². The van der Waals surface area contributed by atoms with Crippen LogP contribution < -0.4 is 15.4 Å². The summed E-state index contributed by atoms with van der Waals surface area (Å²) < 4.78 is 5.36. The number of nitrogens with one attached hydrogen (secondary N) is 2. The van der Waals surface area contributed by atoms with E-state index in [0.29, 0.717) is 15.9 Å². The maximum absolute atomic E-state index is 11.8. The Kier molecular flexibility index (Phi) is 7.36. The molecular weight excluding hydrogens is 332 g/mol. The fraction of sp³-hybridized carbons (Fsp3) is 0.412. The van der Waals surface area contributed by atoms with Crippen molar-refractivity contribution >= 4 is 34.8 Å². The molecule has 0 bridgehead atoms. The van der Waals surface area contributed by atoms with Crippen molar-refractivity contribution in [3.05, 3.63) is 40.9 Å². The van der Waals surface area contributed by atoms with Crippen molar-refractivity contribution in [1.29, 1.82) is 0 Å². The van der Waals surface area contributed by atoms with E-state index >= 15 is 0 Å². The van der Waals surface area contributed by atoms with E-state index in [4.69, 9.17) is 28.6 Å². The van der Waals surface area contributed by atoms with E-state index in [-0.39, 0.29) is 12.5 Å². The van der Waals surface area contributed by atoms with Crippen molar-refractivity contribution in [3.8, 4) is 5.75 Å². The maximum Gasteiger partial charge on any atom is 0.264 e. The Morgan fingerprint density at radius 1 is 1.30 bits per heavy atom. The predicted octanol–water partition coefficient (Wildman–Crippen LogP) is 3.60. The Morgan fingerprint density at radius 2 is 2.13 bits per heavy atom. The Labute approximate surface area is 147 Å². The molecule has 124 valence electrons. The van der Waals surface area contributed by atoms with E-state index < -0.39 is 0 Å². The van der Waals surface area contributed by atoms with E-state index in [0.717, 1.165) is 13.0 Å². The van der Waals surface area contributed by atoms with E-state index in [9.17, 15) is 4.79 Å². The maximum atomic E-state index is 11.8. The number of allylic oxidation sites excluding steroid dienone is 1. The average molecular weight is 353 g/mol. The molecule has 0 saturated heterocycles. The number of amides is 1. The average Bonchev–Trinajstić information content (AvgIpc) is 2.55. The lowest BCUT2D eigenvalue weighted by molar-refractivity contribution is -0.121. The largest absolute Gasteiger partial charge is 0.482 e. The van der Waals surface area contributed by atoms with Crippen molar-refractivity contribution in [3.63, 3.8) is 0 Å². The van der Waals surface area contributed by atoms with Gasteiger partial charge in [0.2, 0.25) is 0 Å². The summed E-state index contributed by atoms with van der Waals surface area (Å²) in [5, 5.41) is 6.45. The van der Waals surface area contributed by atoms with Gasteiger partial charge in [0.15, 0.2) is 11.7 Å². The molecule has 0 fully saturated rings. The Hall–Kier alpha value is -1.59. The van der Waals surface area contributed by atoms with Crippen molar-refractivity contribution in [2.45, 2.75) is 32.1 Å². The number of carbonyl (C=O) groups excluding carboxylic acids is 1. The zero-order valence-electron chi connectivity index (χ0n) is 12.9. The van der Waals surface area contributed by atoms with Crippen molar-refractivity contribution < 1.29 is 9.53 Å². The third-order valence-corrected chi connectivity index (χ3v) is 4.12. The van der Waals surface area contributed by atoms with Crippen LogP contribution in [0, 0.1) is 0 Å². The Morgan fingerprint density at radius 3 is 2.87 bits per heavy atom. The van der Waals surface area contributed by atoms with E-state index in [2.05, 4.69) is 16.7 Å². The fourth-order valence-electron chi connectivity index (χ4n) is 2.38. The molecule has 4 nitrogen and oxygen atoms in total. The number of benzene rings is 1. The first kappa shape index (κ1) is 17.8. The zero-order chi connectivity index (χ0) is 16.5. The second-order valence-corrected chi connectivity index (χ2v) is 6.20. The van der Waals surface area contributed by atoms with E-state index in [1.807, 2.05) is 0 Å². The van der Waals surface area contributed by atoms with Crippen LogP contribution in [0.4, 0.5) is 0 Å². The molecule has 0 unspecified atom stereocenters. The lowest BCUT2D eigenvalue weighted by Gasteiger charge is -2.14. The van der Waals surface area contributed by atoms with Gasteiger partial charge in [-0.05, 0) is 56.5 Å². The molecule has 2 rings (SSSR count). The van der Waals surface area contributed by atoms with Gasteiger partial charge in [-0.2, -0.15) is 0 Å². The molecule has 0 aliphatic heterocycles. The molecule has 2 N–H and O–H groups in total. The van der Waals surface area contributed by atoms with Gasteiger partial charge >= 0.3 is 0 Å². The summed E-state index contributed by atoms with van der Waals surface area (Å²) in [5.74, 6) is 0.173. The van der Waals surface area contributed by atoms with Crippen LogP contribution in [0.1, 0.15) is 32.1 Å². The van der Waals surface area contributed by atoms with Gasteiger partial charge in [0.1, 0.15) is 5.75 Å². The highest BCUT2D eigenvalue weighted by Gasteiger charge is 2.08. The zero-order valence-corrected chi connectivity index (χ0v) is 14.5. The first-order valence-corrected chi connectivity index (χ1v) is 8.56. The fourth-order valence-corrected chi connectivity index (χ4v) is 2.79. The van der Waals surface area contributed by atoms with Gasteiger partial charge in [-0.15, -0.1) is 0 Å². The minimum absolute atomic E-state index is 0.128. The molecule has 0 radical (unpaired) electrons. The van der Waals surface area contributed by atoms with Crippen molar-refractivity contribution in [2.24, 2.45) is 0 Å². The summed E-state index contributed by atoms with van der Waals surface area (Å²) in [6, 6.07) is 7.02. The second-order valence-electron chi connectivity index (χ2n) is 5.38. The lowest BCUT2D eigenvalue weighted by atomic mass is 9.97. The quantitative estimate of drug-likeness (QED) is 0.606. The molecule has 0 aromatic heterocycles. The van der Waals surface area contributed by atoms with Crippen LogP contribution in [-0.4, -0.2) is 24.2 Å². The SMILES string of the molecule is O=C(COc1ccccc1Cl)NC(=S)NCCC1=CCCCC1. The van der Waals surface area contributed by atoms with Crippen LogP contribution in [0.3, 0.4) is 0 Å². The first-order valence-electron chi connectivity index (χ1n) is 7.78. The molecule has 1 amide bonds. The molecule has 0 heterocycles. The minimum Gasteiger partial charge on any atom is -0.482 e. The molecule has 23 heavy (non-hydrogen) atoms. The number of carbonyl (C=O) groups is 1. The van der Waals surface area contributed by atoms with Gasteiger partial charge in [0.05, 0.1) is 5.02 Å². The minimum atomic E-state index is -0.306. The van der Waals surface area contributed by atoms with Crippen LogP contribution in [0.5, 0.6) is 5.75 Å². The van der Waals surface area contributed by atoms with Gasteiger partial charge in [-0.3, -0.25) is 4.79 Å². The van der Waals surface area contributed by atoms with Gasteiger partial charge in [0, 0.05) is 6.54 Å². The number of hydrogen-bond donors (Lipinski definition) is 2. The molecule has 1 aromatic carbocycles. The lowest BCUT2D eigenvalue weighted by Crippen LogP contribution is -2.41. The molecular formula is C17H21ClN2O2S. The summed E-state index contributed by atoms with van der Waals surface area (Å²) >= 11 is 11.1. The van der Waals surface area contributed by atoms with Gasteiger partial charge in [0.25, 0.3) is 5.91 Å². The molecule has 1 aliphatic rings. The normalized spacial score (nSPS) is 13.9. The topological polar surface area (TPSA) is 50.4 Å². The summed E-state index contributed by atoms with van der Waals surface area (Å²) in [6.45, 7) is 0.604. The number of para-hydroxylation sites is 1. The number of halogens is 1. The monoisotopic (exact) mass is 352 g/mol. The van der Waals surface area contributed by atoms with Crippen LogP contribution in [0.25, 0.3) is 0 Å². The third-order valence-electron chi connectivity index (χ3n) is 3.57. The number of rotatable bonds is 6. The second kappa shape index (κ2) is 9.53. The van der Waals surface area contributed by atoms with Gasteiger partial charge < -0.3 is 15.4 Å². The number of thiocarbonyl (C=S) groups is 1. The summed E-state index contributed by atoms with van der Waals surface area (Å²) in [6.07, 6.45) is 8.18. The van der Waals surface area contributed by atoms with Gasteiger partial charge in [-0.1, -0.05) is 35.4 Å². The number of hydrogen-bond acceptors (Lipinski definition) is 3. The highest BCUT2D eigenvalue weighted by Crippen LogP contribution is 2.22. The van der Waals surface area contributed by atoms with E-state index in [1.165, 1.54) is 31.3 Å². The van der Waals surface area contributed by atoms with Crippen molar-refractivity contribution in [1.82, 2.24) is 10.6 Å². The van der Waals surface area contributed by atoms with Gasteiger partial charge in [-0.25, -0.2) is 0 Å². The van der Waals surface area contributed by atoms with Crippen LogP contribution >= 0.6 is 23.8 Å². The van der Waals surface area contributed by atoms with Crippen LogP contribution in [-0.2, 0) is 4.79 Å². The summed E-state index contributed by atoms with van der Waals surface area (Å²) in [4.78, 5) is 11.8. The standard InChI is InChI=1S/C17H21ClN2O2S/c18-14-8-4-5-9-15(14)22-12-16(21)20-17(23)19-11-10-13-6-2-1-3-7-13/h4-6,8-9H,1-3,7,10-12H2,(H2,19,20,21,23). The molecule has 0 saturated carbocycles. The first-order chi connectivity index (χ1) is 11.1. The Bertz CT molecular complexity index is 590. The molecule has 1 aromatic rings. The number of ether oxygens (including phenoxy) is 1. The highest BCUT2D eigenvalue weighted by molar-refractivity contribution is 7.80. The molecule has 0 atom stereocenters. The smallest absolute Gasteiger partial charge is 0.264 e. The van der Waals surface area contributed by atoms with E-state index in [1.54, 1.807) is 24.3 Å². The molecule has 0 spiro atoms. The molecule has 1 aliphatic carbocycles. The predicted molar refractivity (Wildman–Crippen MR) is 96.9 cm³/mol. The Balaban J connectivity index is 1.63. The third kappa shape index (κ3) is 6.59. The highest BCUT2D eigenvalue weighted by atomic mass is 35.5. The van der Waals surface area contributed by atoms with Crippen LogP contribution in [0.2, 0.25) is 5.02 Å². The summed E-state index contributed by atoms with van der Waals surface area (Å²) in [7, 11) is 0. The molecule has 6 heteroatoms. The van der Waals surface area contributed by atoms with Crippen LogP contribution in [0.15, 0.2) is 35.9 Å². The summed E-state index contributed by atoms with van der Waals surface area (Å²) in [5.41, 5.74) is 1.47.